The fourth-order valence-electron chi connectivity index (χ4n) is 2.90. The second-order valence-corrected chi connectivity index (χ2v) is 7.60. The maximum atomic E-state index is 12.4. The van der Waals surface area contributed by atoms with E-state index >= 15 is 0 Å². The molecule has 4 rings (SSSR count). The van der Waals surface area contributed by atoms with Crippen molar-refractivity contribution in [3.63, 3.8) is 0 Å². The van der Waals surface area contributed by atoms with Crippen molar-refractivity contribution in [2.24, 2.45) is 0 Å². The molecule has 156 valence electrons. The fraction of sp³-hybridized carbons (Fsp3) is 0.0870. The largest absolute Gasteiger partial charge is 0.497 e. The zero-order chi connectivity index (χ0) is 21.6. The van der Waals surface area contributed by atoms with E-state index in [0.29, 0.717) is 11.4 Å². The summed E-state index contributed by atoms with van der Waals surface area (Å²) in [6.45, 7) is 2.00. The molecule has 0 bridgehead atoms. The Morgan fingerprint density at radius 3 is 2.55 bits per heavy atom. The molecule has 2 aromatic carbocycles. The smallest absolute Gasteiger partial charge is 0.323 e. The summed E-state index contributed by atoms with van der Waals surface area (Å²) in [7, 11) is 1.60. The van der Waals surface area contributed by atoms with Crippen molar-refractivity contribution in [3.8, 4) is 17.0 Å². The second-order valence-electron chi connectivity index (χ2n) is 6.74. The van der Waals surface area contributed by atoms with Crippen LogP contribution in [0, 0.1) is 6.92 Å². The first-order valence-corrected chi connectivity index (χ1v) is 10.4. The summed E-state index contributed by atoms with van der Waals surface area (Å²) in [5.41, 5.74) is 5.09. The van der Waals surface area contributed by atoms with Crippen LogP contribution >= 0.6 is 11.3 Å². The van der Waals surface area contributed by atoms with Crippen molar-refractivity contribution >= 4 is 39.6 Å². The third-order valence-corrected chi connectivity index (χ3v) is 5.30. The van der Waals surface area contributed by atoms with E-state index in [4.69, 9.17) is 4.74 Å². The molecule has 2 heterocycles. The van der Waals surface area contributed by atoms with Gasteiger partial charge in [-0.15, -0.1) is 11.3 Å². The second kappa shape index (κ2) is 9.27. The van der Waals surface area contributed by atoms with E-state index in [1.54, 1.807) is 43.8 Å². The standard InChI is InChI=1S/C23H21N5O2S/c1-15-5-6-18(26-22(29)25-17-7-9-19(30-2)10-8-17)12-20(15)27-23-28-21(14-31-23)16-4-3-11-24-13-16/h3-14H,1-2H3,(H,27,28)(H2,25,26,29). The molecule has 3 N–H and O–H groups in total. The summed E-state index contributed by atoms with van der Waals surface area (Å²) < 4.78 is 5.13. The first kappa shape index (κ1) is 20.4. The van der Waals surface area contributed by atoms with Crippen LogP contribution in [0.2, 0.25) is 0 Å². The van der Waals surface area contributed by atoms with E-state index in [2.05, 4.69) is 25.9 Å². The number of benzene rings is 2. The highest BCUT2D eigenvalue weighted by Crippen LogP contribution is 2.29. The number of aryl methyl sites for hydroxylation is 1. The first-order valence-electron chi connectivity index (χ1n) is 9.56. The molecule has 0 unspecified atom stereocenters. The Morgan fingerprint density at radius 2 is 1.81 bits per heavy atom. The highest BCUT2D eigenvalue weighted by Gasteiger charge is 2.09. The van der Waals surface area contributed by atoms with Crippen LogP contribution in [0.5, 0.6) is 5.75 Å². The molecule has 0 aliphatic heterocycles. The van der Waals surface area contributed by atoms with Gasteiger partial charge in [-0.3, -0.25) is 4.98 Å². The predicted octanol–water partition coefficient (Wildman–Crippen LogP) is 5.91. The third kappa shape index (κ3) is 5.18. The minimum atomic E-state index is -0.326. The average Bonchev–Trinajstić information content (AvgIpc) is 3.26. The average molecular weight is 432 g/mol. The third-order valence-electron chi connectivity index (χ3n) is 4.55. The van der Waals surface area contributed by atoms with Crippen molar-refractivity contribution in [2.45, 2.75) is 6.92 Å². The van der Waals surface area contributed by atoms with Crippen LogP contribution in [-0.4, -0.2) is 23.1 Å². The molecule has 0 fully saturated rings. The highest BCUT2D eigenvalue weighted by atomic mass is 32.1. The highest BCUT2D eigenvalue weighted by molar-refractivity contribution is 7.14. The van der Waals surface area contributed by atoms with Gasteiger partial charge in [0.15, 0.2) is 5.13 Å². The molecule has 0 spiro atoms. The Morgan fingerprint density at radius 1 is 1.03 bits per heavy atom. The van der Waals surface area contributed by atoms with Crippen LogP contribution in [0.15, 0.2) is 72.4 Å². The molecule has 2 aromatic heterocycles. The number of carbonyl (C=O) groups is 1. The maximum Gasteiger partial charge on any atom is 0.323 e. The van der Waals surface area contributed by atoms with Gasteiger partial charge in [-0.1, -0.05) is 6.07 Å². The van der Waals surface area contributed by atoms with Gasteiger partial charge in [0, 0.05) is 40.4 Å². The zero-order valence-corrected chi connectivity index (χ0v) is 17.9. The molecule has 4 aromatic rings. The van der Waals surface area contributed by atoms with Gasteiger partial charge in [-0.25, -0.2) is 9.78 Å². The Bertz CT molecular complexity index is 1180. The monoisotopic (exact) mass is 431 g/mol. The molecular weight excluding hydrogens is 410 g/mol. The van der Waals surface area contributed by atoms with E-state index in [1.165, 1.54) is 11.3 Å². The number of aromatic nitrogens is 2. The van der Waals surface area contributed by atoms with Crippen LogP contribution in [0.3, 0.4) is 0 Å². The van der Waals surface area contributed by atoms with Crippen molar-refractivity contribution < 1.29 is 9.53 Å². The van der Waals surface area contributed by atoms with Gasteiger partial charge in [0.1, 0.15) is 5.75 Å². The lowest BCUT2D eigenvalue weighted by molar-refractivity contribution is 0.262. The quantitative estimate of drug-likeness (QED) is 0.353. The van der Waals surface area contributed by atoms with E-state index in [0.717, 1.165) is 33.4 Å². The lowest BCUT2D eigenvalue weighted by Crippen LogP contribution is -2.19. The van der Waals surface area contributed by atoms with E-state index in [-0.39, 0.29) is 6.03 Å². The Hall–Kier alpha value is -3.91. The minimum absolute atomic E-state index is 0.326. The molecule has 0 aliphatic rings. The summed E-state index contributed by atoms with van der Waals surface area (Å²) in [4.78, 5) is 21.1. The van der Waals surface area contributed by atoms with Crippen molar-refractivity contribution in [3.05, 3.63) is 77.9 Å². The van der Waals surface area contributed by atoms with Crippen LogP contribution in [0.4, 0.5) is 27.0 Å². The number of anilines is 4. The Kier molecular flexibility index (Phi) is 6.09. The number of thiazole rings is 1. The number of amides is 2. The van der Waals surface area contributed by atoms with Crippen molar-refractivity contribution in [1.82, 2.24) is 9.97 Å². The summed E-state index contributed by atoms with van der Waals surface area (Å²) >= 11 is 1.51. The van der Waals surface area contributed by atoms with Gasteiger partial charge in [-0.2, -0.15) is 0 Å². The number of ether oxygens (including phenoxy) is 1. The number of hydrogen-bond acceptors (Lipinski definition) is 6. The van der Waals surface area contributed by atoms with Gasteiger partial charge < -0.3 is 20.7 Å². The summed E-state index contributed by atoms with van der Waals surface area (Å²) in [6, 6.07) is 16.4. The maximum absolute atomic E-state index is 12.4. The lowest BCUT2D eigenvalue weighted by atomic mass is 10.2. The van der Waals surface area contributed by atoms with Gasteiger partial charge in [0.25, 0.3) is 0 Å². The van der Waals surface area contributed by atoms with Gasteiger partial charge >= 0.3 is 6.03 Å². The normalized spacial score (nSPS) is 10.4. The number of hydrogen-bond donors (Lipinski definition) is 3. The van der Waals surface area contributed by atoms with Crippen LogP contribution in [-0.2, 0) is 0 Å². The number of nitrogens with zero attached hydrogens (tertiary/aromatic N) is 2. The van der Waals surface area contributed by atoms with E-state index < -0.39 is 0 Å². The number of carbonyl (C=O) groups excluding carboxylic acids is 1. The molecule has 31 heavy (non-hydrogen) atoms. The topological polar surface area (TPSA) is 88.2 Å². The summed E-state index contributed by atoms with van der Waals surface area (Å²) in [6.07, 6.45) is 3.53. The Labute approximate surface area is 184 Å². The van der Waals surface area contributed by atoms with Crippen LogP contribution in [0.1, 0.15) is 5.56 Å². The first-order chi connectivity index (χ1) is 15.1. The van der Waals surface area contributed by atoms with Gasteiger partial charge in [-0.05, 0) is 61.0 Å². The lowest BCUT2D eigenvalue weighted by Gasteiger charge is -2.12. The fourth-order valence-corrected chi connectivity index (χ4v) is 3.63. The summed E-state index contributed by atoms with van der Waals surface area (Å²) in [5, 5.41) is 11.8. The molecule has 2 amide bonds. The zero-order valence-electron chi connectivity index (χ0n) is 17.0. The molecule has 0 saturated carbocycles. The minimum Gasteiger partial charge on any atom is -0.497 e. The molecule has 0 atom stereocenters. The Balaban J connectivity index is 1.43. The van der Waals surface area contributed by atoms with Crippen LogP contribution < -0.4 is 20.7 Å². The molecular formula is C23H21N5O2S. The number of urea groups is 1. The SMILES string of the molecule is COc1ccc(NC(=O)Nc2ccc(C)c(Nc3nc(-c4cccnc4)cs3)c2)cc1. The summed E-state index contributed by atoms with van der Waals surface area (Å²) in [5.74, 6) is 0.731. The number of rotatable bonds is 6. The van der Waals surface area contributed by atoms with Crippen LogP contribution in [0.25, 0.3) is 11.3 Å². The van der Waals surface area contributed by atoms with E-state index in [9.17, 15) is 4.79 Å². The molecule has 0 radical (unpaired) electrons. The molecule has 8 heteroatoms. The molecule has 7 nitrogen and oxygen atoms in total. The number of pyridine rings is 1. The number of methoxy groups -OCH3 is 1. The number of nitrogens with one attached hydrogen (secondary N) is 3. The van der Waals surface area contributed by atoms with Gasteiger partial charge in [0.05, 0.1) is 12.8 Å². The van der Waals surface area contributed by atoms with Crippen molar-refractivity contribution in [2.75, 3.05) is 23.1 Å². The molecule has 0 aliphatic carbocycles. The predicted molar refractivity (Wildman–Crippen MR) is 125 cm³/mol. The molecule has 0 saturated heterocycles. The van der Waals surface area contributed by atoms with E-state index in [1.807, 2.05) is 42.6 Å². The van der Waals surface area contributed by atoms with Gasteiger partial charge in [0.2, 0.25) is 0 Å². The van der Waals surface area contributed by atoms with Crippen molar-refractivity contribution in [1.29, 1.82) is 0 Å².